The summed E-state index contributed by atoms with van der Waals surface area (Å²) in [4.78, 5) is 0. The van der Waals surface area contributed by atoms with Gasteiger partial charge in [0, 0.05) is 5.54 Å². The number of rotatable bonds is 4. The highest BCUT2D eigenvalue weighted by Crippen LogP contribution is 2.45. The van der Waals surface area contributed by atoms with Crippen molar-refractivity contribution in [3.05, 3.63) is 35.4 Å². The van der Waals surface area contributed by atoms with Crippen LogP contribution >= 0.6 is 0 Å². The first kappa shape index (κ1) is 11.3. The number of hydrogen-bond acceptors (Lipinski definition) is 1. The molecule has 2 fully saturated rings. The second-order valence-corrected chi connectivity index (χ2v) is 5.81. The van der Waals surface area contributed by atoms with Gasteiger partial charge >= 0.3 is 0 Å². The molecule has 3 rings (SSSR count). The Kier molecular flexibility index (Phi) is 2.96. The number of aryl methyl sites for hydroxylation is 1. The van der Waals surface area contributed by atoms with Gasteiger partial charge in [0.2, 0.25) is 0 Å². The molecule has 92 valence electrons. The van der Waals surface area contributed by atoms with Crippen molar-refractivity contribution in [2.24, 2.45) is 5.92 Å². The topological polar surface area (TPSA) is 12.0 Å². The van der Waals surface area contributed by atoms with Gasteiger partial charge in [-0.05, 0) is 62.1 Å². The van der Waals surface area contributed by atoms with Crippen LogP contribution in [0.15, 0.2) is 24.3 Å². The van der Waals surface area contributed by atoms with Crippen molar-refractivity contribution in [3.63, 3.8) is 0 Å². The van der Waals surface area contributed by atoms with Crippen LogP contribution in [0.2, 0.25) is 0 Å². The van der Waals surface area contributed by atoms with Gasteiger partial charge in [-0.25, -0.2) is 0 Å². The second kappa shape index (κ2) is 4.45. The molecule has 1 N–H and O–H groups in total. The van der Waals surface area contributed by atoms with Crippen LogP contribution in [0.25, 0.3) is 0 Å². The maximum Gasteiger partial charge on any atom is 0.0250 e. The first-order valence-electron chi connectivity index (χ1n) is 7.15. The molecule has 1 heterocycles. The van der Waals surface area contributed by atoms with E-state index >= 15 is 0 Å². The van der Waals surface area contributed by atoms with E-state index in [0.717, 1.165) is 12.3 Å². The molecule has 2 aliphatic rings. The SMILES string of the molecule is CCc1ccc(CC2(C3CC3)CCCN2)cc1. The molecule has 0 bridgehead atoms. The molecule has 1 aromatic rings. The molecule has 1 saturated carbocycles. The molecule has 1 aliphatic heterocycles. The van der Waals surface area contributed by atoms with Crippen LogP contribution in [0.3, 0.4) is 0 Å². The van der Waals surface area contributed by atoms with Crippen LogP contribution in [0.5, 0.6) is 0 Å². The van der Waals surface area contributed by atoms with Crippen LogP contribution in [-0.4, -0.2) is 12.1 Å². The monoisotopic (exact) mass is 229 g/mol. The van der Waals surface area contributed by atoms with Crippen LogP contribution in [0, 0.1) is 5.92 Å². The van der Waals surface area contributed by atoms with Gasteiger partial charge in [-0.3, -0.25) is 0 Å². The summed E-state index contributed by atoms with van der Waals surface area (Å²) < 4.78 is 0. The van der Waals surface area contributed by atoms with Gasteiger partial charge in [-0.2, -0.15) is 0 Å². The van der Waals surface area contributed by atoms with Crippen LogP contribution < -0.4 is 5.32 Å². The first-order valence-corrected chi connectivity index (χ1v) is 7.15. The second-order valence-electron chi connectivity index (χ2n) is 5.81. The first-order chi connectivity index (χ1) is 8.32. The molecule has 1 atom stereocenters. The minimum Gasteiger partial charge on any atom is -0.311 e. The molecular weight excluding hydrogens is 206 g/mol. The van der Waals surface area contributed by atoms with Crippen molar-refractivity contribution in [2.75, 3.05) is 6.54 Å². The molecule has 17 heavy (non-hydrogen) atoms. The lowest BCUT2D eigenvalue weighted by Crippen LogP contribution is -2.44. The van der Waals surface area contributed by atoms with E-state index < -0.39 is 0 Å². The van der Waals surface area contributed by atoms with Crippen molar-refractivity contribution < 1.29 is 0 Å². The fourth-order valence-corrected chi connectivity index (χ4v) is 3.37. The Labute approximate surface area is 105 Å². The normalized spacial score (nSPS) is 28.5. The highest BCUT2D eigenvalue weighted by molar-refractivity contribution is 5.25. The molecular formula is C16H23N. The smallest absolute Gasteiger partial charge is 0.0250 e. The van der Waals surface area contributed by atoms with E-state index in [1.165, 1.54) is 49.8 Å². The minimum absolute atomic E-state index is 0.452. The Morgan fingerprint density at radius 2 is 1.88 bits per heavy atom. The summed E-state index contributed by atoms with van der Waals surface area (Å²) in [5.74, 6) is 0.954. The fourth-order valence-electron chi connectivity index (χ4n) is 3.37. The Morgan fingerprint density at radius 1 is 1.18 bits per heavy atom. The average Bonchev–Trinajstić information content (AvgIpc) is 3.13. The van der Waals surface area contributed by atoms with Gasteiger partial charge in [0.15, 0.2) is 0 Å². The summed E-state index contributed by atoms with van der Waals surface area (Å²) in [5, 5.41) is 3.81. The van der Waals surface area contributed by atoms with Crippen molar-refractivity contribution in [3.8, 4) is 0 Å². The van der Waals surface area contributed by atoms with E-state index in [1.807, 2.05) is 0 Å². The third-order valence-electron chi connectivity index (χ3n) is 4.59. The zero-order valence-corrected chi connectivity index (χ0v) is 10.8. The zero-order valence-electron chi connectivity index (χ0n) is 10.8. The van der Waals surface area contributed by atoms with Gasteiger partial charge in [0.1, 0.15) is 0 Å². The summed E-state index contributed by atoms with van der Waals surface area (Å²) in [7, 11) is 0. The Balaban J connectivity index is 1.75. The third kappa shape index (κ3) is 2.26. The predicted molar refractivity (Wildman–Crippen MR) is 72.2 cm³/mol. The molecule has 0 spiro atoms. The Morgan fingerprint density at radius 3 is 2.41 bits per heavy atom. The standard InChI is InChI=1S/C16H23N/c1-2-13-4-6-14(7-5-13)12-16(15-8-9-15)10-3-11-17-16/h4-7,15,17H,2-3,8-12H2,1H3. The predicted octanol–water partition coefficient (Wildman–Crippen LogP) is 3.32. The van der Waals surface area contributed by atoms with E-state index in [9.17, 15) is 0 Å². The lowest BCUT2D eigenvalue weighted by Gasteiger charge is -2.30. The third-order valence-corrected chi connectivity index (χ3v) is 4.59. The summed E-state index contributed by atoms with van der Waals surface area (Å²) in [6, 6.07) is 9.27. The van der Waals surface area contributed by atoms with E-state index in [-0.39, 0.29) is 0 Å². The number of benzene rings is 1. The minimum atomic E-state index is 0.452. The summed E-state index contributed by atoms with van der Waals surface area (Å²) >= 11 is 0. The molecule has 0 aromatic heterocycles. The van der Waals surface area contributed by atoms with E-state index in [0.29, 0.717) is 5.54 Å². The largest absolute Gasteiger partial charge is 0.311 e. The lowest BCUT2D eigenvalue weighted by molar-refractivity contribution is 0.323. The molecule has 1 unspecified atom stereocenters. The summed E-state index contributed by atoms with van der Waals surface area (Å²) in [5.41, 5.74) is 3.42. The molecule has 1 heteroatoms. The number of hydrogen-bond donors (Lipinski definition) is 1. The molecule has 1 nitrogen and oxygen atoms in total. The highest BCUT2D eigenvalue weighted by atomic mass is 15.0. The van der Waals surface area contributed by atoms with Gasteiger partial charge in [-0.15, -0.1) is 0 Å². The van der Waals surface area contributed by atoms with Crippen LogP contribution in [0.1, 0.15) is 43.7 Å². The lowest BCUT2D eigenvalue weighted by atomic mass is 9.84. The maximum atomic E-state index is 3.81. The number of nitrogens with one attached hydrogen (secondary N) is 1. The Bertz CT molecular complexity index is 369. The van der Waals surface area contributed by atoms with Crippen LogP contribution in [-0.2, 0) is 12.8 Å². The van der Waals surface area contributed by atoms with Crippen LogP contribution in [0.4, 0.5) is 0 Å². The van der Waals surface area contributed by atoms with Crippen molar-refractivity contribution in [1.82, 2.24) is 5.32 Å². The van der Waals surface area contributed by atoms with E-state index in [2.05, 4.69) is 36.5 Å². The maximum absolute atomic E-state index is 3.81. The van der Waals surface area contributed by atoms with Gasteiger partial charge in [0.05, 0.1) is 0 Å². The van der Waals surface area contributed by atoms with Gasteiger partial charge in [0.25, 0.3) is 0 Å². The fraction of sp³-hybridized carbons (Fsp3) is 0.625. The molecule has 1 aromatic carbocycles. The Hall–Kier alpha value is -0.820. The van der Waals surface area contributed by atoms with Gasteiger partial charge in [-0.1, -0.05) is 31.2 Å². The molecule has 1 saturated heterocycles. The average molecular weight is 229 g/mol. The summed E-state index contributed by atoms with van der Waals surface area (Å²) in [6.45, 7) is 3.45. The van der Waals surface area contributed by atoms with Gasteiger partial charge < -0.3 is 5.32 Å². The zero-order chi connectivity index (χ0) is 11.7. The quantitative estimate of drug-likeness (QED) is 0.835. The van der Waals surface area contributed by atoms with Crippen molar-refractivity contribution in [2.45, 2.75) is 51.0 Å². The van der Waals surface area contributed by atoms with Crippen molar-refractivity contribution >= 4 is 0 Å². The molecule has 0 amide bonds. The highest BCUT2D eigenvalue weighted by Gasteiger charge is 2.46. The summed E-state index contributed by atoms with van der Waals surface area (Å²) in [6.07, 6.45) is 8.02. The van der Waals surface area contributed by atoms with E-state index in [1.54, 1.807) is 0 Å². The van der Waals surface area contributed by atoms with Crippen molar-refractivity contribution in [1.29, 1.82) is 0 Å². The van der Waals surface area contributed by atoms with E-state index in [4.69, 9.17) is 0 Å². The molecule has 0 radical (unpaired) electrons. The molecule has 1 aliphatic carbocycles.